The average Bonchev–Trinajstić information content (AvgIpc) is 2.51. The maximum Gasteiger partial charge on any atom is 0.271 e. The van der Waals surface area contributed by atoms with E-state index in [2.05, 4.69) is 10.5 Å². The van der Waals surface area contributed by atoms with Crippen molar-refractivity contribution in [3.8, 4) is 0 Å². The molecule has 0 radical (unpaired) electrons. The van der Waals surface area contributed by atoms with Crippen molar-refractivity contribution in [1.29, 1.82) is 0 Å². The standard InChI is InChI=1S/C17H15ClN2O/c1-13(10-11-14-6-3-2-4-7-14)19-20-17(21)15-8-5-9-16(18)12-15/h2-12H,1H3,(H,20,21). The fourth-order valence-corrected chi connectivity index (χ4v) is 1.84. The molecule has 0 bridgehead atoms. The summed E-state index contributed by atoms with van der Waals surface area (Å²) < 4.78 is 0. The molecule has 0 unspecified atom stereocenters. The summed E-state index contributed by atoms with van der Waals surface area (Å²) in [6.45, 7) is 1.82. The number of nitrogens with one attached hydrogen (secondary N) is 1. The molecule has 0 heterocycles. The molecule has 0 aromatic heterocycles. The number of hydrogen-bond donors (Lipinski definition) is 1. The molecule has 106 valence electrons. The normalized spacial score (nSPS) is 11.6. The largest absolute Gasteiger partial charge is 0.271 e. The minimum atomic E-state index is -0.287. The van der Waals surface area contributed by atoms with E-state index >= 15 is 0 Å². The Morgan fingerprint density at radius 1 is 1.14 bits per heavy atom. The maximum atomic E-state index is 11.9. The molecule has 4 heteroatoms. The molecule has 0 atom stereocenters. The van der Waals surface area contributed by atoms with Crippen LogP contribution in [0.25, 0.3) is 6.08 Å². The molecule has 0 fully saturated rings. The highest BCUT2D eigenvalue weighted by Gasteiger charge is 2.04. The predicted octanol–water partition coefficient (Wildman–Crippen LogP) is 4.16. The number of benzene rings is 2. The molecular weight excluding hydrogens is 284 g/mol. The third kappa shape index (κ3) is 4.89. The van der Waals surface area contributed by atoms with Crippen LogP contribution in [-0.4, -0.2) is 11.6 Å². The van der Waals surface area contributed by atoms with Crippen LogP contribution in [0.3, 0.4) is 0 Å². The first-order valence-corrected chi connectivity index (χ1v) is 6.86. The van der Waals surface area contributed by atoms with Crippen LogP contribution >= 0.6 is 11.6 Å². The number of hydrazone groups is 1. The first kappa shape index (κ1) is 15.0. The number of hydrogen-bond acceptors (Lipinski definition) is 2. The van der Waals surface area contributed by atoms with Crippen molar-refractivity contribution in [3.05, 3.63) is 76.8 Å². The van der Waals surface area contributed by atoms with Crippen molar-refractivity contribution in [2.24, 2.45) is 5.10 Å². The summed E-state index contributed by atoms with van der Waals surface area (Å²) in [7, 11) is 0. The van der Waals surface area contributed by atoms with E-state index in [1.165, 1.54) is 0 Å². The van der Waals surface area contributed by atoms with E-state index in [4.69, 9.17) is 11.6 Å². The number of amides is 1. The fraction of sp³-hybridized carbons (Fsp3) is 0.0588. The number of allylic oxidation sites excluding steroid dienone is 1. The molecule has 21 heavy (non-hydrogen) atoms. The van der Waals surface area contributed by atoms with E-state index in [-0.39, 0.29) is 5.91 Å². The summed E-state index contributed by atoms with van der Waals surface area (Å²) in [5.41, 5.74) is 4.76. The average molecular weight is 299 g/mol. The van der Waals surface area contributed by atoms with Crippen molar-refractivity contribution < 1.29 is 4.79 Å². The molecule has 3 nitrogen and oxygen atoms in total. The summed E-state index contributed by atoms with van der Waals surface area (Å²) >= 11 is 5.84. The quantitative estimate of drug-likeness (QED) is 0.668. The van der Waals surface area contributed by atoms with Crippen LogP contribution < -0.4 is 5.43 Å². The summed E-state index contributed by atoms with van der Waals surface area (Å²) in [6, 6.07) is 16.6. The van der Waals surface area contributed by atoms with Crippen molar-refractivity contribution >= 4 is 29.3 Å². The van der Waals surface area contributed by atoms with E-state index in [0.717, 1.165) is 5.56 Å². The van der Waals surface area contributed by atoms with Crippen molar-refractivity contribution in [3.63, 3.8) is 0 Å². The zero-order chi connectivity index (χ0) is 15.1. The Balaban J connectivity index is 1.97. The molecule has 1 N–H and O–H groups in total. The van der Waals surface area contributed by atoms with Crippen LogP contribution in [0.4, 0.5) is 0 Å². The number of carbonyl (C=O) groups excluding carboxylic acids is 1. The van der Waals surface area contributed by atoms with Gasteiger partial charge in [0.15, 0.2) is 0 Å². The number of rotatable bonds is 4. The van der Waals surface area contributed by atoms with Gasteiger partial charge >= 0.3 is 0 Å². The van der Waals surface area contributed by atoms with Crippen molar-refractivity contribution in [1.82, 2.24) is 5.43 Å². The van der Waals surface area contributed by atoms with Gasteiger partial charge in [0.05, 0.1) is 5.71 Å². The monoisotopic (exact) mass is 298 g/mol. The smallest absolute Gasteiger partial charge is 0.267 e. The van der Waals surface area contributed by atoms with Crippen LogP contribution in [0.1, 0.15) is 22.8 Å². The Labute approximate surface area is 129 Å². The van der Waals surface area contributed by atoms with Gasteiger partial charge in [-0.2, -0.15) is 5.10 Å². The van der Waals surface area contributed by atoms with Gasteiger partial charge in [0.25, 0.3) is 5.91 Å². The molecule has 0 saturated heterocycles. The molecule has 2 aromatic rings. The van der Waals surface area contributed by atoms with Gasteiger partial charge in [-0.15, -0.1) is 0 Å². The highest BCUT2D eigenvalue weighted by Crippen LogP contribution is 2.10. The molecule has 1 amide bonds. The Kier molecular flexibility index (Phi) is 5.29. The molecule has 0 aliphatic heterocycles. The first-order chi connectivity index (χ1) is 10.1. The van der Waals surface area contributed by atoms with Crippen molar-refractivity contribution in [2.45, 2.75) is 6.92 Å². The minimum Gasteiger partial charge on any atom is -0.267 e. The highest BCUT2D eigenvalue weighted by atomic mass is 35.5. The van der Waals surface area contributed by atoms with Crippen LogP contribution in [0.2, 0.25) is 5.02 Å². The van der Waals surface area contributed by atoms with Gasteiger partial charge in [-0.25, -0.2) is 5.43 Å². The zero-order valence-corrected chi connectivity index (χ0v) is 12.3. The van der Waals surface area contributed by atoms with Crippen molar-refractivity contribution in [2.75, 3.05) is 0 Å². The molecule has 0 aliphatic carbocycles. The SMILES string of the molecule is CC(C=Cc1ccccc1)=NNC(=O)c1cccc(Cl)c1. The summed E-state index contributed by atoms with van der Waals surface area (Å²) in [4.78, 5) is 11.9. The van der Waals surface area contributed by atoms with Gasteiger partial charge in [-0.3, -0.25) is 4.79 Å². The van der Waals surface area contributed by atoms with Crippen LogP contribution in [0.15, 0.2) is 65.8 Å². The second-order valence-corrected chi connectivity index (χ2v) is 4.88. The number of halogens is 1. The summed E-state index contributed by atoms with van der Waals surface area (Å²) in [5, 5.41) is 4.55. The number of carbonyl (C=O) groups is 1. The van der Waals surface area contributed by atoms with E-state index in [9.17, 15) is 4.79 Å². The second-order valence-electron chi connectivity index (χ2n) is 4.45. The lowest BCUT2D eigenvalue weighted by molar-refractivity contribution is 0.0955. The van der Waals surface area contributed by atoms with Gasteiger partial charge in [0, 0.05) is 10.6 Å². The third-order valence-electron chi connectivity index (χ3n) is 2.74. The summed E-state index contributed by atoms with van der Waals surface area (Å²) in [5.74, 6) is -0.287. The molecule has 0 saturated carbocycles. The highest BCUT2D eigenvalue weighted by molar-refractivity contribution is 6.30. The Morgan fingerprint density at radius 2 is 1.90 bits per heavy atom. The molecule has 2 aromatic carbocycles. The maximum absolute atomic E-state index is 11.9. The van der Waals surface area contributed by atoms with Crippen LogP contribution in [-0.2, 0) is 0 Å². The van der Waals surface area contributed by atoms with E-state index in [1.54, 1.807) is 24.3 Å². The third-order valence-corrected chi connectivity index (χ3v) is 2.97. The van der Waals surface area contributed by atoms with Gasteiger partial charge in [0.1, 0.15) is 0 Å². The molecule has 2 rings (SSSR count). The van der Waals surface area contributed by atoms with Crippen LogP contribution in [0.5, 0.6) is 0 Å². The topological polar surface area (TPSA) is 41.5 Å². The predicted molar refractivity (Wildman–Crippen MR) is 87.5 cm³/mol. The second kappa shape index (κ2) is 7.41. The lowest BCUT2D eigenvalue weighted by Gasteiger charge is -2.01. The lowest BCUT2D eigenvalue weighted by Crippen LogP contribution is -2.18. The molecular formula is C17H15ClN2O. The van der Waals surface area contributed by atoms with Gasteiger partial charge in [-0.05, 0) is 36.8 Å². The van der Waals surface area contributed by atoms with E-state index < -0.39 is 0 Å². The Hall–Kier alpha value is -2.39. The lowest BCUT2D eigenvalue weighted by atomic mass is 10.2. The Morgan fingerprint density at radius 3 is 2.62 bits per heavy atom. The zero-order valence-electron chi connectivity index (χ0n) is 11.6. The Bertz CT molecular complexity index is 678. The minimum absolute atomic E-state index is 0.287. The van der Waals surface area contributed by atoms with Crippen LogP contribution in [0, 0.1) is 0 Å². The van der Waals surface area contributed by atoms with Gasteiger partial charge in [-0.1, -0.05) is 54.1 Å². The first-order valence-electron chi connectivity index (χ1n) is 6.48. The molecule has 0 aliphatic rings. The van der Waals surface area contributed by atoms with E-state index in [0.29, 0.717) is 16.3 Å². The fourth-order valence-electron chi connectivity index (χ4n) is 1.65. The summed E-state index contributed by atoms with van der Waals surface area (Å²) in [6.07, 6.45) is 3.78. The van der Waals surface area contributed by atoms with Gasteiger partial charge in [0.2, 0.25) is 0 Å². The van der Waals surface area contributed by atoms with E-state index in [1.807, 2.05) is 49.4 Å². The molecule has 0 spiro atoms. The number of nitrogens with zero attached hydrogens (tertiary/aromatic N) is 1. The van der Waals surface area contributed by atoms with Gasteiger partial charge < -0.3 is 0 Å².